The van der Waals surface area contributed by atoms with Gasteiger partial charge in [0, 0.05) is 67.0 Å². The topological polar surface area (TPSA) is 118 Å². The number of nitrogens with zero attached hydrogens (tertiary/aromatic N) is 4. The SMILES string of the molecule is C=CCCC(C(N)=O)n1c(-c2ccc(OCc3cc(N4CCCC4=O)ccc3N3CCN(S(C)(=O)=O)CC3)cc2)c(C2CCCCC2)c2ccccc21. The number of rotatable bonds is 13. The minimum atomic E-state index is -3.26. The van der Waals surface area contributed by atoms with Crippen LogP contribution in [0, 0.1) is 0 Å². The lowest BCUT2D eigenvalue weighted by molar-refractivity contribution is -0.121. The van der Waals surface area contributed by atoms with Crippen LogP contribution in [0.4, 0.5) is 11.4 Å². The number of carbonyl (C=O) groups is 2. The summed E-state index contributed by atoms with van der Waals surface area (Å²) < 4.78 is 34.6. The highest BCUT2D eigenvalue weighted by molar-refractivity contribution is 7.88. The molecule has 1 saturated carbocycles. The van der Waals surface area contributed by atoms with Crippen molar-refractivity contribution in [3.8, 4) is 17.0 Å². The first-order valence-electron chi connectivity index (χ1n) is 19.0. The average Bonchev–Trinajstić information content (AvgIpc) is 3.75. The second-order valence-electron chi connectivity index (χ2n) is 14.7. The number of nitrogens with two attached hydrogens (primary N) is 1. The third-order valence-corrected chi connectivity index (χ3v) is 12.6. The van der Waals surface area contributed by atoms with Gasteiger partial charge in [-0.2, -0.15) is 4.31 Å². The predicted molar refractivity (Wildman–Crippen MR) is 212 cm³/mol. The minimum Gasteiger partial charge on any atom is -0.489 e. The number of para-hydroxylation sites is 1. The predicted octanol–water partition coefficient (Wildman–Crippen LogP) is 7.14. The maximum absolute atomic E-state index is 13.1. The van der Waals surface area contributed by atoms with Gasteiger partial charge in [-0.1, -0.05) is 43.5 Å². The zero-order valence-corrected chi connectivity index (χ0v) is 31.5. The van der Waals surface area contributed by atoms with Crippen molar-refractivity contribution >= 4 is 44.1 Å². The summed E-state index contributed by atoms with van der Waals surface area (Å²) in [5, 5.41) is 1.18. The zero-order valence-electron chi connectivity index (χ0n) is 30.7. The second kappa shape index (κ2) is 15.8. The van der Waals surface area contributed by atoms with Crippen LogP contribution in [-0.2, 0) is 26.2 Å². The molecule has 3 heterocycles. The molecule has 2 amide bonds. The Kier molecular flexibility index (Phi) is 10.9. The smallest absolute Gasteiger partial charge is 0.240 e. The molecule has 3 fully saturated rings. The van der Waals surface area contributed by atoms with Crippen LogP contribution in [0.15, 0.2) is 79.4 Å². The van der Waals surface area contributed by atoms with Crippen LogP contribution in [0.3, 0.4) is 0 Å². The van der Waals surface area contributed by atoms with Gasteiger partial charge in [-0.25, -0.2) is 8.42 Å². The number of hydrogen-bond acceptors (Lipinski definition) is 6. The largest absolute Gasteiger partial charge is 0.489 e. The van der Waals surface area contributed by atoms with Crippen molar-refractivity contribution < 1.29 is 22.7 Å². The summed E-state index contributed by atoms with van der Waals surface area (Å²) in [5.41, 5.74) is 13.3. The van der Waals surface area contributed by atoms with E-state index in [1.54, 1.807) is 0 Å². The van der Waals surface area contributed by atoms with Gasteiger partial charge in [0.1, 0.15) is 18.4 Å². The van der Waals surface area contributed by atoms with E-state index in [1.165, 1.54) is 40.8 Å². The van der Waals surface area contributed by atoms with Gasteiger partial charge in [0.15, 0.2) is 0 Å². The first-order chi connectivity index (χ1) is 25.6. The molecule has 53 heavy (non-hydrogen) atoms. The molecular weight excluding hydrogens is 687 g/mol. The van der Waals surface area contributed by atoms with Crippen molar-refractivity contribution in [2.24, 2.45) is 5.73 Å². The van der Waals surface area contributed by atoms with Gasteiger partial charge in [-0.3, -0.25) is 9.59 Å². The first-order valence-corrected chi connectivity index (χ1v) is 20.9. The van der Waals surface area contributed by atoms with E-state index >= 15 is 0 Å². The molecule has 0 spiro atoms. The maximum Gasteiger partial charge on any atom is 0.240 e. The summed E-state index contributed by atoms with van der Waals surface area (Å²) >= 11 is 0. The van der Waals surface area contributed by atoms with Gasteiger partial charge in [0.25, 0.3) is 0 Å². The Balaban J connectivity index is 1.21. The summed E-state index contributed by atoms with van der Waals surface area (Å²) in [4.78, 5) is 29.8. The Morgan fingerprint density at radius 1 is 0.962 bits per heavy atom. The van der Waals surface area contributed by atoms with E-state index < -0.39 is 16.1 Å². The summed E-state index contributed by atoms with van der Waals surface area (Å²) in [7, 11) is -3.26. The van der Waals surface area contributed by atoms with Crippen molar-refractivity contribution in [2.75, 3.05) is 48.8 Å². The van der Waals surface area contributed by atoms with E-state index in [2.05, 4.69) is 46.4 Å². The van der Waals surface area contributed by atoms with E-state index in [4.69, 9.17) is 10.5 Å². The lowest BCUT2D eigenvalue weighted by Crippen LogP contribution is -2.48. The van der Waals surface area contributed by atoms with Crippen molar-refractivity contribution in [3.05, 3.63) is 90.5 Å². The standard InChI is InChI=1S/C42H51N5O5S/c1-3-4-14-38(42(43)49)47-37-15-9-8-13-35(37)40(30-11-6-5-7-12-30)41(47)31-17-20-34(21-18-31)52-29-32-28-33(46-23-10-16-39(46)48)19-22-36(32)44-24-26-45(27-25-44)53(2,50)51/h3,8-9,13,15,17-22,28,30,38H,1,4-7,10-12,14,16,23-27,29H2,2H3,(H2,43,49). The number of hydrogen-bond donors (Lipinski definition) is 1. The number of ether oxygens (including phenoxy) is 1. The molecule has 1 atom stereocenters. The molecule has 0 bridgehead atoms. The highest BCUT2D eigenvalue weighted by Crippen LogP contribution is 2.46. The van der Waals surface area contributed by atoms with Crippen molar-refractivity contribution in [3.63, 3.8) is 0 Å². The molecule has 2 N–H and O–H groups in total. The van der Waals surface area contributed by atoms with E-state index in [9.17, 15) is 18.0 Å². The Hall–Kier alpha value is -4.61. The summed E-state index contributed by atoms with van der Waals surface area (Å²) in [5.74, 6) is 0.857. The van der Waals surface area contributed by atoms with Crippen LogP contribution in [0.1, 0.15) is 80.9 Å². The van der Waals surface area contributed by atoms with Crippen LogP contribution in [0.25, 0.3) is 22.2 Å². The van der Waals surface area contributed by atoms with Gasteiger partial charge in [0.05, 0.1) is 11.9 Å². The van der Waals surface area contributed by atoms with Crippen molar-refractivity contribution in [1.29, 1.82) is 0 Å². The monoisotopic (exact) mass is 737 g/mol. The lowest BCUT2D eigenvalue weighted by atomic mass is 9.82. The minimum absolute atomic E-state index is 0.120. The van der Waals surface area contributed by atoms with Gasteiger partial charge in [0.2, 0.25) is 21.8 Å². The molecule has 2 saturated heterocycles. The Morgan fingerprint density at radius 2 is 1.70 bits per heavy atom. The molecule has 2 aliphatic heterocycles. The molecule has 10 nitrogen and oxygen atoms in total. The number of piperazine rings is 1. The van der Waals surface area contributed by atoms with Gasteiger partial charge < -0.3 is 24.8 Å². The van der Waals surface area contributed by atoms with Gasteiger partial charge >= 0.3 is 0 Å². The average molecular weight is 738 g/mol. The molecule has 1 aromatic heterocycles. The quantitative estimate of drug-likeness (QED) is 0.146. The number of anilines is 2. The molecule has 280 valence electrons. The highest BCUT2D eigenvalue weighted by Gasteiger charge is 2.31. The third kappa shape index (κ3) is 7.73. The number of fused-ring (bicyclic) bond motifs is 1. The molecule has 1 aliphatic carbocycles. The van der Waals surface area contributed by atoms with Crippen LogP contribution in [-0.4, -0.2) is 68.1 Å². The molecule has 0 radical (unpaired) electrons. The lowest BCUT2D eigenvalue weighted by Gasteiger charge is -2.36. The number of carbonyl (C=O) groups excluding carboxylic acids is 2. The first kappa shape index (κ1) is 36.7. The third-order valence-electron chi connectivity index (χ3n) is 11.3. The number of allylic oxidation sites excluding steroid dienone is 1. The second-order valence-corrected chi connectivity index (χ2v) is 16.7. The van der Waals surface area contributed by atoms with Gasteiger partial charge in [-0.15, -0.1) is 6.58 Å². The van der Waals surface area contributed by atoms with Crippen LogP contribution >= 0.6 is 0 Å². The van der Waals surface area contributed by atoms with Crippen LogP contribution < -0.4 is 20.3 Å². The Labute approximate surface area is 313 Å². The number of primary amides is 1. The van der Waals surface area contributed by atoms with Gasteiger partial charge in [-0.05, 0) is 97.7 Å². The zero-order chi connectivity index (χ0) is 37.1. The molecule has 3 aliphatic rings. The fourth-order valence-electron chi connectivity index (χ4n) is 8.60. The maximum atomic E-state index is 13.1. The summed E-state index contributed by atoms with van der Waals surface area (Å²) in [6.07, 6.45) is 11.6. The van der Waals surface area contributed by atoms with E-state index in [0.717, 1.165) is 53.0 Å². The molecule has 11 heteroatoms. The summed E-state index contributed by atoms with van der Waals surface area (Å²) in [6, 6.07) is 22.1. The van der Waals surface area contributed by atoms with Crippen molar-refractivity contribution in [2.45, 2.75) is 76.4 Å². The van der Waals surface area contributed by atoms with E-state index in [1.807, 2.05) is 47.4 Å². The number of sulfonamides is 1. The summed E-state index contributed by atoms with van der Waals surface area (Å²) in [6.45, 7) is 6.83. The molecule has 7 rings (SSSR count). The Morgan fingerprint density at radius 3 is 2.36 bits per heavy atom. The van der Waals surface area contributed by atoms with E-state index in [0.29, 0.717) is 63.7 Å². The molecular formula is C42H51N5O5S. The highest BCUT2D eigenvalue weighted by atomic mass is 32.2. The fraction of sp³-hybridized carbons (Fsp3) is 0.429. The number of amides is 2. The molecule has 3 aromatic carbocycles. The van der Waals surface area contributed by atoms with Crippen LogP contribution in [0.5, 0.6) is 5.75 Å². The molecule has 1 unspecified atom stereocenters. The van der Waals surface area contributed by atoms with Crippen molar-refractivity contribution in [1.82, 2.24) is 8.87 Å². The Bertz CT molecular complexity index is 2080. The fourth-order valence-corrected chi connectivity index (χ4v) is 9.43. The number of benzene rings is 3. The van der Waals surface area contributed by atoms with Crippen LogP contribution in [0.2, 0.25) is 0 Å². The number of aromatic nitrogens is 1. The molecule has 4 aromatic rings. The normalized spacial score (nSPS) is 18.1. The van der Waals surface area contributed by atoms with E-state index in [-0.39, 0.29) is 18.4 Å².